The molecule has 0 aliphatic rings. The van der Waals surface area contributed by atoms with Crippen molar-refractivity contribution in [3.8, 4) is 11.7 Å². The monoisotopic (exact) mass is 212 g/mol. The quantitative estimate of drug-likeness (QED) is 0.425. The van der Waals surface area contributed by atoms with Crippen LogP contribution in [0.4, 0.5) is 0 Å². The van der Waals surface area contributed by atoms with Crippen molar-refractivity contribution in [2.75, 3.05) is 6.26 Å². The van der Waals surface area contributed by atoms with Gasteiger partial charge in [0.15, 0.2) is 0 Å². The first-order valence-electron chi connectivity index (χ1n) is 3.46. The first-order chi connectivity index (χ1) is 6.10. The Morgan fingerprint density at radius 2 is 1.85 bits per heavy atom. The fourth-order valence-electron chi connectivity index (χ4n) is 0.823. The molecule has 1 aromatic rings. The van der Waals surface area contributed by atoms with Crippen molar-refractivity contribution in [2.45, 2.75) is 9.79 Å². The molecule has 0 bridgehead atoms. The Morgan fingerprint density at radius 3 is 2.23 bits per heavy atom. The smallest absolute Gasteiger partial charge is 0.210 e. The van der Waals surface area contributed by atoms with Gasteiger partial charge in [-0.05, 0) is 30.5 Å². The summed E-state index contributed by atoms with van der Waals surface area (Å²) < 4.78 is 22.3. The van der Waals surface area contributed by atoms with E-state index < -0.39 is 9.84 Å². The molecule has 1 rings (SSSR count). The SMILES string of the molecule is C#CS(=O)(=O)c1ccc(SC)cc1. The van der Waals surface area contributed by atoms with E-state index in [9.17, 15) is 8.42 Å². The van der Waals surface area contributed by atoms with E-state index in [-0.39, 0.29) is 4.90 Å². The van der Waals surface area contributed by atoms with Gasteiger partial charge in [-0.1, -0.05) is 0 Å². The molecule has 0 atom stereocenters. The fraction of sp³-hybridized carbons (Fsp3) is 0.111. The largest absolute Gasteiger partial charge is 0.244 e. The Hall–Kier alpha value is -0.920. The van der Waals surface area contributed by atoms with Crippen LogP contribution in [0.5, 0.6) is 0 Å². The van der Waals surface area contributed by atoms with Crippen LogP contribution in [-0.2, 0) is 9.84 Å². The average molecular weight is 212 g/mol. The summed E-state index contributed by atoms with van der Waals surface area (Å²) in [5.41, 5.74) is 0. The highest BCUT2D eigenvalue weighted by Crippen LogP contribution is 2.17. The van der Waals surface area contributed by atoms with Crippen LogP contribution in [0.3, 0.4) is 0 Å². The lowest BCUT2D eigenvalue weighted by Crippen LogP contribution is -1.95. The number of rotatable bonds is 2. The van der Waals surface area contributed by atoms with Crippen molar-refractivity contribution < 1.29 is 8.42 Å². The van der Waals surface area contributed by atoms with Gasteiger partial charge in [0.25, 0.3) is 0 Å². The highest BCUT2D eigenvalue weighted by Gasteiger charge is 2.08. The first kappa shape index (κ1) is 10.2. The number of hydrogen-bond donors (Lipinski definition) is 0. The molecule has 2 nitrogen and oxygen atoms in total. The van der Waals surface area contributed by atoms with E-state index in [1.807, 2.05) is 6.26 Å². The molecule has 0 radical (unpaired) electrons. The molecule has 0 saturated carbocycles. The Morgan fingerprint density at radius 1 is 1.31 bits per heavy atom. The van der Waals surface area contributed by atoms with Crippen LogP contribution in [0.25, 0.3) is 0 Å². The number of benzene rings is 1. The molecule has 4 heteroatoms. The van der Waals surface area contributed by atoms with E-state index in [1.54, 1.807) is 29.1 Å². The summed E-state index contributed by atoms with van der Waals surface area (Å²) in [5, 5.41) is 1.76. The maximum atomic E-state index is 11.2. The van der Waals surface area contributed by atoms with Gasteiger partial charge in [0.05, 0.1) is 4.90 Å². The third-order valence-corrected chi connectivity index (χ3v) is 3.47. The topological polar surface area (TPSA) is 34.1 Å². The summed E-state index contributed by atoms with van der Waals surface area (Å²) in [6, 6.07) is 6.49. The fourth-order valence-corrected chi connectivity index (χ4v) is 1.86. The maximum absolute atomic E-state index is 11.2. The second-order valence-electron chi connectivity index (χ2n) is 2.30. The Kier molecular flexibility index (Phi) is 3.02. The summed E-state index contributed by atoms with van der Waals surface area (Å²) in [6.07, 6.45) is 6.79. The van der Waals surface area contributed by atoms with Gasteiger partial charge in [-0.3, -0.25) is 0 Å². The number of hydrogen-bond acceptors (Lipinski definition) is 3. The van der Waals surface area contributed by atoms with Crippen molar-refractivity contribution in [2.24, 2.45) is 0 Å². The number of thioether (sulfide) groups is 1. The van der Waals surface area contributed by atoms with E-state index in [0.717, 1.165) is 4.90 Å². The predicted molar refractivity (Wildman–Crippen MR) is 54.2 cm³/mol. The summed E-state index contributed by atoms with van der Waals surface area (Å²) in [7, 11) is -3.50. The van der Waals surface area contributed by atoms with Crippen molar-refractivity contribution >= 4 is 21.6 Å². The third-order valence-electron chi connectivity index (χ3n) is 1.52. The molecule has 68 valence electrons. The minimum Gasteiger partial charge on any atom is -0.210 e. The molecule has 0 aromatic heterocycles. The van der Waals surface area contributed by atoms with Gasteiger partial charge in [0.1, 0.15) is 0 Å². The number of terminal acetylenes is 1. The van der Waals surface area contributed by atoms with Crippen LogP contribution in [0.15, 0.2) is 34.1 Å². The van der Waals surface area contributed by atoms with E-state index in [1.165, 1.54) is 12.1 Å². The van der Waals surface area contributed by atoms with Crippen LogP contribution in [0, 0.1) is 11.7 Å². The van der Waals surface area contributed by atoms with Crippen LogP contribution in [0.1, 0.15) is 0 Å². The molecule has 0 N–H and O–H groups in total. The molecule has 0 aliphatic carbocycles. The van der Waals surface area contributed by atoms with Gasteiger partial charge < -0.3 is 0 Å². The normalized spacial score (nSPS) is 10.8. The summed E-state index contributed by atoms with van der Waals surface area (Å²) in [6.45, 7) is 0. The van der Waals surface area contributed by atoms with Gasteiger partial charge in [-0.15, -0.1) is 18.2 Å². The molecule has 0 heterocycles. The van der Waals surface area contributed by atoms with E-state index in [2.05, 4.69) is 0 Å². The number of sulfone groups is 1. The first-order valence-corrected chi connectivity index (χ1v) is 6.17. The molecule has 1 aromatic carbocycles. The second kappa shape index (κ2) is 3.86. The van der Waals surface area contributed by atoms with E-state index >= 15 is 0 Å². The second-order valence-corrected chi connectivity index (χ2v) is 4.89. The van der Waals surface area contributed by atoms with E-state index in [4.69, 9.17) is 6.42 Å². The summed E-state index contributed by atoms with van der Waals surface area (Å²) >= 11 is 1.55. The molecular weight excluding hydrogens is 204 g/mol. The molecular formula is C9H8O2S2. The van der Waals surface area contributed by atoms with Gasteiger partial charge in [-0.25, -0.2) is 8.42 Å². The predicted octanol–water partition coefficient (Wildman–Crippen LogP) is 1.77. The molecule has 0 spiro atoms. The van der Waals surface area contributed by atoms with Gasteiger partial charge >= 0.3 is 0 Å². The zero-order valence-corrected chi connectivity index (χ0v) is 8.65. The van der Waals surface area contributed by atoms with Crippen LogP contribution < -0.4 is 0 Å². The highest BCUT2D eigenvalue weighted by atomic mass is 32.2. The Bertz CT molecular complexity index is 424. The highest BCUT2D eigenvalue weighted by molar-refractivity contribution is 7.98. The summed E-state index contributed by atoms with van der Waals surface area (Å²) in [4.78, 5) is 1.18. The minimum atomic E-state index is -3.50. The van der Waals surface area contributed by atoms with Gasteiger partial charge in [0, 0.05) is 10.1 Å². The van der Waals surface area contributed by atoms with Crippen LogP contribution in [0.2, 0.25) is 0 Å². The molecule has 0 aliphatic heterocycles. The van der Waals surface area contributed by atoms with Gasteiger partial charge in [-0.2, -0.15) is 0 Å². The zero-order valence-electron chi connectivity index (χ0n) is 7.02. The lowest BCUT2D eigenvalue weighted by molar-refractivity contribution is 0.606. The maximum Gasteiger partial charge on any atom is 0.244 e. The van der Waals surface area contributed by atoms with Crippen molar-refractivity contribution in [1.29, 1.82) is 0 Å². The lowest BCUT2D eigenvalue weighted by Gasteiger charge is -1.98. The Labute approximate surface area is 82.3 Å². The summed E-state index contributed by atoms with van der Waals surface area (Å²) in [5.74, 6) is 0. The van der Waals surface area contributed by atoms with Crippen LogP contribution in [-0.4, -0.2) is 14.7 Å². The zero-order chi connectivity index (χ0) is 9.90. The van der Waals surface area contributed by atoms with Gasteiger partial charge in [0.2, 0.25) is 9.84 Å². The molecule has 0 amide bonds. The molecule has 0 saturated heterocycles. The van der Waals surface area contributed by atoms with E-state index in [0.29, 0.717) is 0 Å². The molecule has 13 heavy (non-hydrogen) atoms. The standard InChI is InChI=1S/C9H8O2S2/c1-3-13(10,11)9-6-4-8(12-2)5-7-9/h1,4-7H,2H3. The molecule has 0 unspecified atom stereocenters. The average Bonchev–Trinajstić information content (AvgIpc) is 2.18. The third kappa shape index (κ3) is 2.27. The van der Waals surface area contributed by atoms with Crippen LogP contribution >= 0.6 is 11.8 Å². The minimum absolute atomic E-state index is 0.174. The molecule has 0 fully saturated rings. The lowest BCUT2D eigenvalue weighted by atomic mass is 10.4. The Balaban J connectivity index is 3.16. The van der Waals surface area contributed by atoms with Crippen molar-refractivity contribution in [1.82, 2.24) is 0 Å². The van der Waals surface area contributed by atoms with Crippen molar-refractivity contribution in [3.63, 3.8) is 0 Å². The van der Waals surface area contributed by atoms with Crippen molar-refractivity contribution in [3.05, 3.63) is 24.3 Å².